The average Bonchev–Trinajstić information content (AvgIpc) is 3.28. The standard InChI is InChI=1S/C17H24N2O4S/c20-12-15-3-1-8-18(15)14-6-7-17-16(11-14)23-10-2-9-19(13-4-5-13)24(17,21)22/h6-7,11,13,15,20H,1-5,8-10,12H2/t15-/m0/s1. The lowest BCUT2D eigenvalue weighted by atomic mass is 10.2. The second-order valence-electron chi connectivity index (χ2n) is 6.85. The van der Waals surface area contributed by atoms with Gasteiger partial charge in [-0.1, -0.05) is 0 Å². The zero-order chi connectivity index (χ0) is 16.7. The fraction of sp³-hybridized carbons (Fsp3) is 0.647. The molecule has 0 bridgehead atoms. The van der Waals surface area contributed by atoms with Crippen molar-refractivity contribution in [3.05, 3.63) is 18.2 Å². The van der Waals surface area contributed by atoms with Gasteiger partial charge in [0.2, 0.25) is 10.0 Å². The number of hydrogen-bond acceptors (Lipinski definition) is 5. The molecule has 0 unspecified atom stereocenters. The highest BCUT2D eigenvalue weighted by Gasteiger charge is 2.40. The average molecular weight is 352 g/mol. The Morgan fingerprint density at radius 3 is 2.75 bits per heavy atom. The van der Waals surface area contributed by atoms with Gasteiger partial charge in [0, 0.05) is 30.9 Å². The molecule has 1 saturated carbocycles. The number of hydrogen-bond donors (Lipinski definition) is 1. The Balaban J connectivity index is 1.71. The molecule has 2 aliphatic heterocycles. The number of nitrogens with zero attached hydrogens (tertiary/aromatic N) is 2. The van der Waals surface area contributed by atoms with E-state index in [1.54, 1.807) is 10.4 Å². The summed E-state index contributed by atoms with van der Waals surface area (Å²) in [4.78, 5) is 2.42. The van der Waals surface area contributed by atoms with Crippen molar-refractivity contribution in [1.29, 1.82) is 0 Å². The Hall–Kier alpha value is -1.31. The second kappa shape index (κ2) is 6.20. The molecule has 3 aliphatic rings. The molecule has 0 aromatic heterocycles. The van der Waals surface area contributed by atoms with Gasteiger partial charge in [0.1, 0.15) is 10.6 Å². The van der Waals surface area contributed by atoms with E-state index < -0.39 is 10.0 Å². The normalized spacial score (nSPS) is 27.2. The predicted molar refractivity (Wildman–Crippen MR) is 90.9 cm³/mol. The van der Waals surface area contributed by atoms with E-state index in [0.717, 1.165) is 37.9 Å². The van der Waals surface area contributed by atoms with E-state index in [0.29, 0.717) is 25.3 Å². The van der Waals surface area contributed by atoms with Crippen LogP contribution in [0.25, 0.3) is 0 Å². The van der Waals surface area contributed by atoms with Crippen molar-refractivity contribution in [2.75, 3.05) is 31.2 Å². The molecule has 1 aromatic rings. The maximum atomic E-state index is 13.0. The molecule has 0 spiro atoms. The summed E-state index contributed by atoms with van der Waals surface area (Å²) in [6, 6.07) is 5.62. The number of aliphatic hydroxyl groups excluding tert-OH is 1. The highest BCUT2D eigenvalue weighted by atomic mass is 32.2. The van der Waals surface area contributed by atoms with Crippen LogP contribution < -0.4 is 9.64 Å². The fourth-order valence-electron chi connectivity index (χ4n) is 3.76. The molecule has 4 rings (SSSR count). The van der Waals surface area contributed by atoms with Gasteiger partial charge in [-0.2, -0.15) is 4.31 Å². The molecule has 1 saturated heterocycles. The molecule has 24 heavy (non-hydrogen) atoms. The van der Waals surface area contributed by atoms with Crippen molar-refractivity contribution >= 4 is 15.7 Å². The van der Waals surface area contributed by atoms with E-state index in [1.807, 2.05) is 12.1 Å². The summed E-state index contributed by atoms with van der Waals surface area (Å²) in [5, 5.41) is 9.53. The van der Waals surface area contributed by atoms with Crippen molar-refractivity contribution in [1.82, 2.24) is 4.31 Å². The molecule has 1 aliphatic carbocycles. The second-order valence-corrected chi connectivity index (χ2v) is 8.71. The van der Waals surface area contributed by atoms with Gasteiger partial charge in [0.25, 0.3) is 0 Å². The Labute approximate surface area is 143 Å². The number of fused-ring (bicyclic) bond motifs is 1. The van der Waals surface area contributed by atoms with E-state index in [2.05, 4.69) is 4.90 Å². The van der Waals surface area contributed by atoms with Gasteiger partial charge in [-0.25, -0.2) is 8.42 Å². The first-order chi connectivity index (χ1) is 11.6. The van der Waals surface area contributed by atoms with Crippen LogP contribution in [-0.2, 0) is 10.0 Å². The Bertz CT molecular complexity index is 717. The summed E-state index contributed by atoms with van der Waals surface area (Å²) in [5.74, 6) is 0.446. The van der Waals surface area contributed by atoms with Crippen LogP contribution >= 0.6 is 0 Å². The Kier molecular flexibility index (Phi) is 4.18. The van der Waals surface area contributed by atoms with Gasteiger partial charge in [-0.05, 0) is 44.2 Å². The maximum Gasteiger partial charge on any atom is 0.247 e. The fourth-order valence-corrected chi connectivity index (χ4v) is 5.59. The first-order valence-corrected chi connectivity index (χ1v) is 10.2. The minimum atomic E-state index is -3.50. The first kappa shape index (κ1) is 16.2. The topological polar surface area (TPSA) is 70.1 Å². The monoisotopic (exact) mass is 352 g/mol. The molecule has 6 nitrogen and oxygen atoms in total. The summed E-state index contributed by atoms with van der Waals surface area (Å²) in [7, 11) is -3.50. The highest BCUT2D eigenvalue weighted by Crippen LogP contribution is 2.39. The summed E-state index contributed by atoms with van der Waals surface area (Å²) in [5.41, 5.74) is 0.930. The zero-order valence-electron chi connectivity index (χ0n) is 13.7. The number of ether oxygens (including phenoxy) is 1. The van der Waals surface area contributed by atoms with Crippen molar-refractivity contribution in [3.8, 4) is 5.75 Å². The minimum Gasteiger partial charge on any atom is -0.492 e. The van der Waals surface area contributed by atoms with E-state index in [1.165, 1.54) is 0 Å². The summed E-state index contributed by atoms with van der Waals surface area (Å²) in [6.07, 6.45) is 4.63. The van der Waals surface area contributed by atoms with Crippen molar-refractivity contribution < 1.29 is 18.3 Å². The molecule has 1 atom stereocenters. The highest BCUT2D eigenvalue weighted by molar-refractivity contribution is 7.89. The molecule has 132 valence electrons. The van der Waals surface area contributed by atoms with E-state index >= 15 is 0 Å². The van der Waals surface area contributed by atoms with Crippen molar-refractivity contribution in [2.45, 2.75) is 49.1 Å². The lowest BCUT2D eigenvalue weighted by molar-refractivity contribution is 0.264. The van der Waals surface area contributed by atoms with Gasteiger partial charge in [0.05, 0.1) is 19.3 Å². The van der Waals surface area contributed by atoms with Gasteiger partial charge in [-0.15, -0.1) is 0 Å². The predicted octanol–water partition coefficient (Wildman–Crippen LogP) is 1.58. The Morgan fingerprint density at radius 2 is 2.00 bits per heavy atom. The van der Waals surface area contributed by atoms with Gasteiger partial charge < -0.3 is 14.7 Å². The van der Waals surface area contributed by atoms with Crippen LogP contribution in [0.4, 0.5) is 5.69 Å². The molecule has 0 radical (unpaired) electrons. The van der Waals surface area contributed by atoms with Crippen molar-refractivity contribution in [3.63, 3.8) is 0 Å². The molecular formula is C17H24N2O4S. The number of benzene rings is 1. The molecule has 2 heterocycles. The van der Waals surface area contributed by atoms with Gasteiger partial charge in [-0.3, -0.25) is 0 Å². The van der Waals surface area contributed by atoms with Crippen LogP contribution in [0.1, 0.15) is 32.1 Å². The van der Waals surface area contributed by atoms with E-state index in [-0.39, 0.29) is 23.6 Å². The Morgan fingerprint density at radius 1 is 1.17 bits per heavy atom. The molecule has 2 fully saturated rings. The third kappa shape index (κ3) is 2.78. The van der Waals surface area contributed by atoms with Crippen LogP contribution in [-0.4, -0.2) is 56.2 Å². The maximum absolute atomic E-state index is 13.0. The summed E-state index contributed by atoms with van der Waals surface area (Å²) < 4.78 is 33.4. The summed E-state index contributed by atoms with van der Waals surface area (Å²) in [6.45, 7) is 2.06. The van der Waals surface area contributed by atoms with Crippen LogP contribution in [0, 0.1) is 0 Å². The third-order valence-electron chi connectivity index (χ3n) is 5.17. The summed E-state index contributed by atoms with van der Waals surface area (Å²) >= 11 is 0. The minimum absolute atomic E-state index is 0.108. The molecule has 7 heteroatoms. The third-order valence-corrected chi connectivity index (χ3v) is 7.16. The SMILES string of the molecule is O=S1(=O)c2ccc(N3CCC[C@H]3CO)cc2OCCCN1C1CC1. The smallest absolute Gasteiger partial charge is 0.247 e. The number of aliphatic hydroxyl groups is 1. The molecule has 1 aromatic carbocycles. The number of anilines is 1. The largest absolute Gasteiger partial charge is 0.492 e. The van der Waals surface area contributed by atoms with Gasteiger partial charge in [0.15, 0.2) is 0 Å². The van der Waals surface area contributed by atoms with Crippen molar-refractivity contribution in [2.24, 2.45) is 0 Å². The molecular weight excluding hydrogens is 328 g/mol. The van der Waals surface area contributed by atoms with E-state index in [4.69, 9.17) is 4.74 Å². The van der Waals surface area contributed by atoms with Crippen LogP contribution in [0.15, 0.2) is 23.1 Å². The van der Waals surface area contributed by atoms with Crippen LogP contribution in [0.5, 0.6) is 5.75 Å². The lowest BCUT2D eigenvalue weighted by Crippen LogP contribution is -2.36. The van der Waals surface area contributed by atoms with Crippen LogP contribution in [0.3, 0.4) is 0 Å². The lowest BCUT2D eigenvalue weighted by Gasteiger charge is -2.29. The first-order valence-electron chi connectivity index (χ1n) is 8.77. The molecule has 0 amide bonds. The zero-order valence-corrected chi connectivity index (χ0v) is 14.5. The molecule has 1 N–H and O–H groups in total. The van der Waals surface area contributed by atoms with Crippen LogP contribution in [0.2, 0.25) is 0 Å². The quantitative estimate of drug-likeness (QED) is 0.894. The number of sulfonamides is 1. The van der Waals surface area contributed by atoms with E-state index in [9.17, 15) is 13.5 Å². The van der Waals surface area contributed by atoms with Gasteiger partial charge >= 0.3 is 0 Å². The number of rotatable bonds is 3.